The molecule has 0 spiro atoms. The van der Waals surface area contributed by atoms with E-state index in [0.29, 0.717) is 17.6 Å². The second kappa shape index (κ2) is 6.05. The van der Waals surface area contributed by atoms with Crippen molar-refractivity contribution in [3.63, 3.8) is 0 Å². The van der Waals surface area contributed by atoms with Crippen LogP contribution in [0.3, 0.4) is 0 Å². The highest BCUT2D eigenvalue weighted by Gasteiger charge is 2.16. The number of nitrogens with one attached hydrogen (secondary N) is 1. The van der Waals surface area contributed by atoms with E-state index in [4.69, 9.17) is 0 Å². The van der Waals surface area contributed by atoms with E-state index < -0.39 is 0 Å². The zero-order chi connectivity index (χ0) is 13.0. The lowest BCUT2D eigenvalue weighted by Gasteiger charge is -2.21. The van der Waals surface area contributed by atoms with Crippen molar-refractivity contribution >= 4 is 0 Å². The summed E-state index contributed by atoms with van der Waals surface area (Å²) in [5, 5.41) is 13.5. The van der Waals surface area contributed by atoms with Gasteiger partial charge in [0.05, 0.1) is 0 Å². The third-order valence-corrected chi connectivity index (χ3v) is 3.63. The smallest absolute Gasteiger partial charge is 0.118 e. The Morgan fingerprint density at radius 3 is 2.94 bits per heavy atom. The van der Waals surface area contributed by atoms with Gasteiger partial charge in [0, 0.05) is 13.1 Å². The van der Waals surface area contributed by atoms with Crippen molar-refractivity contribution in [3.05, 3.63) is 47.3 Å². The first kappa shape index (κ1) is 13.2. The van der Waals surface area contributed by atoms with Gasteiger partial charge in [-0.15, -0.1) is 0 Å². The van der Waals surface area contributed by atoms with Crippen LogP contribution in [-0.2, 0) is 0 Å². The number of rotatable bonds is 4. The Morgan fingerprint density at radius 1 is 1.39 bits per heavy atom. The SMILES string of the molecule is CC1=CC(C)CC(CNCC2C=CC=CC2)=C1O. The summed E-state index contributed by atoms with van der Waals surface area (Å²) in [7, 11) is 0. The van der Waals surface area contributed by atoms with Crippen LogP contribution in [0.25, 0.3) is 0 Å². The first-order valence-electron chi connectivity index (χ1n) is 6.80. The Balaban J connectivity index is 1.83. The molecule has 0 bridgehead atoms. The first-order valence-corrected chi connectivity index (χ1v) is 6.80. The molecule has 0 aromatic heterocycles. The fraction of sp³-hybridized carbons (Fsp3) is 0.500. The minimum atomic E-state index is 0.500. The molecule has 2 aliphatic carbocycles. The molecule has 0 aliphatic heterocycles. The van der Waals surface area contributed by atoms with Crippen LogP contribution in [0.2, 0.25) is 0 Å². The van der Waals surface area contributed by atoms with Gasteiger partial charge in [-0.2, -0.15) is 0 Å². The Kier molecular flexibility index (Phi) is 4.43. The predicted molar refractivity (Wildman–Crippen MR) is 76.4 cm³/mol. The van der Waals surface area contributed by atoms with Crippen LogP contribution in [0.15, 0.2) is 47.3 Å². The second-order valence-electron chi connectivity index (χ2n) is 5.42. The van der Waals surface area contributed by atoms with Crippen LogP contribution >= 0.6 is 0 Å². The molecule has 2 aliphatic rings. The van der Waals surface area contributed by atoms with Crippen LogP contribution in [-0.4, -0.2) is 18.2 Å². The average Bonchev–Trinajstić information content (AvgIpc) is 2.36. The fourth-order valence-electron chi connectivity index (χ4n) is 2.68. The van der Waals surface area contributed by atoms with Gasteiger partial charge in [0.2, 0.25) is 0 Å². The summed E-state index contributed by atoms with van der Waals surface area (Å²) >= 11 is 0. The highest BCUT2D eigenvalue weighted by Crippen LogP contribution is 2.26. The molecular weight excluding hydrogens is 222 g/mol. The van der Waals surface area contributed by atoms with Crippen LogP contribution in [0.5, 0.6) is 0 Å². The van der Waals surface area contributed by atoms with Crippen molar-refractivity contribution in [3.8, 4) is 0 Å². The van der Waals surface area contributed by atoms with Gasteiger partial charge >= 0.3 is 0 Å². The number of allylic oxidation sites excluding steroid dienone is 5. The summed E-state index contributed by atoms with van der Waals surface area (Å²) in [4.78, 5) is 0. The van der Waals surface area contributed by atoms with E-state index in [1.54, 1.807) is 0 Å². The van der Waals surface area contributed by atoms with Crippen molar-refractivity contribution in [2.45, 2.75) is 26.7 Å². The molecular formula is C16H23NO. The van der Waals surface area contributed by atoms with Gasteiger partial charge in [-0.25, -0.2) is 0 Å². The molecule has 18 heavy (non-hydrogen) atoms. The topological polar surface area (TPSA) is 32.3 Å². The van der Waals surface area contributed by atoms with Gasteiger partial charge in [0.1, 0.15) is 5.76 Å². The monoisotopic (exact) mass is 245 g/mol. The van der Waals surface area contributed by atoms with E-state index in [9.17, 15) is 5.11 Å². The fourth-order valence-corrected chi connectivity index (χ4v) is 2.68. The molecule has 0 heterocycles. The van der Waals surface area contributed by atoms with Gasteiger partial charge < -0.3 is 10.4 Å². The molecule has 2 rings (SSSR count). The Morgan fingerprint density at radius 2 is 2.22 bits per heavy atom. The quantitative estimate of drug-likeness (QED) is 0.794. The van der Waals surface area contributed by atoms with Gasteiger partial charge in [0.25, 0.3) is 0 Å². The molecule has 0 saturated carbocycles. The molecule has 2 N–H and O–H groups in total. The summed E-state index contributed by atoms with van der Waals surface area (Å²) in [5.74, 6) is 1.63. The first-order chi connectivity index (χ1) is 8.66. The third-order valence-electron chi connectivity index (χ3n) is 3.63. The largest absolute Gasteiger partial charge is 0.508 e. The van der Waals surface area contributed by atoms with Gasteiger partial charge in [-0.3, -0.25) is 0 Å². The highest BCUT2D eigenvalue weighted by molar-refractivity contribution is 5.33. The number of aliphatic hydroxyl groups excluding tert-OH is 1. The summed E-state index contributed by atoms with van der Waals surface area (Å²) in [6, 6.07) is 0. The standard InChI is InChI=1S/C16H23NO/c1-12-8-13(2)16(18)15(9-12)11-17-10-14-6-4-3-5-7-14/h3-6,8,12,14,17-18H,7,9-11H2,1-2H3. The number of hydrogen-bond acceptors (Lipinski definition) is 2. The lowest BCUT2D eigenvalue weighted by atomic mass is 9.90. The van der Waals surface area contributed by atoms with Gasteiger partial charge in [0.15, 0.2) is 0 Å². The van der Waals surface area contributed by atoms with Gasteiger partial charge in [-0.05, 0) is 42.7 Å². The van der Waals surface area contributed by atoms with Crippen molar-refractivity contribution in [2.75, 3.05) is 13.1 Å². The van der Waals surface area contributed by atoms with Crippen LogP contribution in [0, 0.1) is 11.8 Å². The van der Waals surface area contributed by atoms with Crippen LogP contribution < -0.4 is 5.32 Å². The Labute approximate surface area is 110 Å². The normalized spacial score (nSPS) is 27.6. The van der Waals surface area contributed by atoms with E-state index >= 15 is 0 Å². The summed E-state index contributed by atoms with van der Waals surface area (Å²) in [5.41, 5.74) is 2.17. The average molecular weight is 245 g/mol. The molecule has 0 fully saturated rings. The summed E-state index contributed by atoms with van der Waals surface area (Å²) in [6.07, 6.45) is 12.9. The molecule has 2 nitrogen and oxygen atoms in total. The molecule has 0 amide bonds. The molecule has 2 heteroatoms. The molecule has 98 valence electrons. The minimum absolute atomic E-state index is 0.500. The zero-order valence-electron chi connectivity index (χ0n) is 11.3. The van der Waals surface area contributed by atoms with Crippen LogP contribution in [0.4, 0.5) is 0 Å². The maximum atomic E-state index is 10.0. The molecule has 2 unspecified atom stereocenters. The maximum Gasteiger partial charge on any atom is 0.118 e. The predicted octanol–water partition coefficient (Wildman–Crippen LogP) is 3.51. The van der Waals surface area contributed by atoms with E-state index in [2.05, 4.69) is 42.6 Å². The second-order valence-corrected chi connectivity index (χ2v) is 5.42. The van der Waals surface area contributed by atoms with E-state index in [-0.39, 0.29) is 0 Å². The van der Waals surface area contributed by atoms with Crippen molar-refractivity contribution in [1.82, 2.24) is 5.32 Å². The minimum Gasteiger partial charge on any atom is -0.508 e. The molecule has 2 atom stereocenters. The van der Waals surface area contributed by atoms with Gasteiger partial charge in [-0.1, -0.05) is 37.3 Å². The summed E-state index contributed by atoms with van der Waals surface area (Å²) < 4.78 is 0. The molecule has 0 aromatic carbocycles. The molecule has 0 aromatic rings. The van der Waals surface area contributed by atoms with Crippen molar-refractivity contribution in [1.29, 1.82) is 0 Å². The molecule has 0 saturated heterocycles. The van der Waals surface area contributed by atoms with Crippen LogP contribution in [0.1, 0.15) is 26.7 Å². The number of aliphatic hydroxyl groups is 1. The lowest BCUT2D eigenvalue weighted by Crippen LogP contribution is -2.26. The van der Waals surface area contributed by atoms with E-state index in [0.717, 1.165) is 37.1 Å². The Bertz CT molecular complexity index is 415. The molecule has 0 radical (unpaired) electrons. The van der Waals surface area contributed by atoms with E-state index in [1.807, 2.05) is 6.92 Å². The van der Waals surface area contributed by atoms with Crippen molar-refractivity contribution < 1.29 is 5.11 Å². The highest BCUT2D eigenvalue weighted by atomic mass is 16.3. The maximum absolute atomic E-state index is 10.0. The lowest BCUT2D eigenvalue weighted by molar-refractivity contribution is 0.398. The number of hydrogen-bond donors (Lipinski definition) is 2. The third kappa shape index (κ3) is 3.36. The van der Waals surface area contributed by atoms with Crippen molar-refractivity contribution in [2.24, 2.45) is 11.8 Å². The summed E-state index contributed by atoms with van der Waals surface area (Å²) in [6.45, 7) is 5.97. The Hall–Kier alpha value is -1.28. The van der Waals surface area contributed by atoms with E-state index in [1.165, 1.54) is 0 Å². The zero-order valence-corrected chi connectivity index (χ0v) is 11.3.